The first-order chi connectivity index (χ1) is 8.59. The fourth-order valence-electron chi connectivity index (χ4n) is 2.03. The van der Waals surface area contributed by atoms with Crippen LogP contribution in [0.2, 0.25) is 5.02 Å². The van der Waals surface area contributed by atoms with E-state index in [1.54, 1.807) is 0 Å². The lowest BCUT2D eigenvalue weighted by molar-refractivity contribution is -0.136. The third-order valence-electron chi connectivity index (χ3n) is 3.07. The Morgan fingerprint density at radius 3 is 2.78 bits per heavy atom. The van der Waals surface area contributed by atoms with Crippen molar-refractivity contribution in [3.63, 3.8) is 0 Å². The molecule has 0 aromatic heterocycles. The van der Waals surface area contributed by atoms with Crippen LogP contribution < -0.4 is 5.32 Å². The Morgan fingerprint density at radius 1 is 1.39 bits per heavy atom. The molecule has 0 aliphatic heterocycles. The Hall–Kier alpha value is -1.55. The molecule has 96 valence electrons. The Morgan fingerprint density at radius 2 is 2.11 bits per heavy atom. The second-order valence-corrected chi connectivity index (χ2v) is 4.81. The summed E-state index contributed by atoms with van der Waals surface area (Å²) in [5.74, 6) is -0.892. The van der Waals surface area contributed by atoms with Crippen LogP contribution in [0.1, 0.15) is 24.3 Å². The molecule has 0 bridgehead atoms. The van der Waals surface area contributed by atoms with Gasteiger partial charge in [-0.25, -0.2) is 0 Å². The summed E-state index contributed by atoms with van der Waals surface area (Å²) in [7, 11) is 0. The average molecular weight is 268 g/mol. The van der Waals surface area contributed by atoms with Crippen LogP contribution in [0.3, 0.4) is 0 Å². The largest absolute Gasteiger partial charge is 0.481 e. The number of carboxylic acids is 1. The molecule has 0 unspecified atom stereocenters. The number of carbonyl (C=O) groups is 2. The molecule has 1 aromatic rings. The van der Waals surface area contributed by atoms with E-state index in [9.17, 15) is 9.59 Å². The average Bonchev–Trinajstić information content (AvgIpc) is 3.09. The monoisotopic (exact) mass is 267 g/mol. The Labute approximate surface area is 110 Å². The van der Waals surface area contributed by atoms with Crippen LogP contribution in [0.15, 0.2) is 24.3 Å². The zero-order chi connectivity index (χ0) is 13.1. The predicted molar refractivity (Wildman–Crippen MR) is 67.6 cm³/mol. The molecule has 0 saturated heterocycles. The van der Waals surface area contributed by atoms with E-state index in [-0.39, 0.29) is 30.7 Å². The molecule has 1 saturated carbocycles. The summed E-state index contributed by atoms with van der Waals surface area (Å²) in [6.07, 6.45) is 0.734. The van der Waals surface area contributed by atoms with E-state index in [4.69, 9.17) is 16.7 Å². The summed E-state index contributed by atoms with van der Waals surface area (Å²) < 4.78 is 0. The van der Waals surface area contributed by atoms with Crippen molar-refractivity contribution in [2.75, 3.05) is 6.54 Å². The number of halogens is 1. The minimum Gasteiger partial charge on any atom is -0.481 e. The van der Waals surface area contributed by atoms with E-state index in [0.717, 1.165) is 12.0 Å². The van der Waals surface area contributed by atoms with E-state index < -0.39 is 5.97 Å². The summed E-state index contributed by atoms with van der Waals surface area (Å²) >= 11 is 6.07. The van der Waals surface area contributed by atoms with Crippen molar-refractivity contribution in [2.45, 2.75) is 18.8 Å². The second-order valence-electron chi connectivity index (χ2n) is 4.40. The van der Waals surface area contributed by atoms with E-state index in [0.29, 0.717) is 5.02 Å². The van der Waals surface area contributed by atoms with Crippen molar-refractivity contribution < 1.29 is 14.7 Å². The summed E-state index contributed by atoms with van der Waals surface area (Å²) in [6.45, 7) is 0.180. The standard InChI is InChI=1S/C13H14ClNO3/c14-11-4-2-1-3-8(11)9-7-10(9)13(18)15-6-5-12(16)17/h1-4,9-10H,5-7H2,(H,15,18)(H,16,17)/t9-,10-/m0/s1. The van der Waals surface area contributed by atoms with Gasteiger partial charge < -0.3 is 10.4 Å². The molecule has 1 aromatic carbocycles. The van der Waals surface area contributed by atoms with Gasteiger partial charge in [0.1, 0.15) is 0 Å². The zero-order valence-corrected chi connectivity index (χ0v) is 10.5. The third-order valence-corrected chi connectivity index (χ3v) is 3.41. The van der Waals surface area contributed by atoms with Crippen LogP contribution >= 0.6 is 11.6 Å². The van der Waals surface area contributed by atoms with Crippen molar-refractivity contribution in [3.05, 3.63) is 34.9 Å². The van der Waals surface area contributed by atoms with Gasteiger partial charge in [0.15, 0.2) is 0 Å². The molecule has 18 heavy (non-hydrogen) atoms. The van der Waals surface area contributed by atoms with Crippen LogP contribution in [-0.4, -0.2) is 23.5 Å². The lowest BCUT2D eigenvalue weighted by Crippen LogP contribution is -2.27. The van der Waals surface area contributed by atoms with Gasteiger partial charge in [0.25, 0.3) is 0 Å². The lowest BCUT2D eigenvalue weighted by atomic mass is 10.1. The molecule has 0 radical (unpaired) electrons. The van der Waals surface area contributed by atoms with E-state index in [1.807, 2.05) is 24.3 Å². The minimum absolute atomic E-state index is 0.0464. The maximum absolute atomic E-state index is 11.7. The summed E-state index contributed by atoms with van der Waals surface area (Å²) in [4.78, 5) is 22.1. The normalized spacial score (nSPS) is 21.4. The van der Waals surface area contributed by atoms with E-state index in [2.05, 4.69) is 5.32 Å². The number of rotatable bonds is 5. The summed E-state index contributed by atoms with van der Waals surface area (Å²) in [6, 6.07) is 7.50. The first kappa shape index (κ1) is 12.9. The third kappa shape index (κ3) is 3.01. The highest BCUT2D eigenvalue weighted by atomic mass is 35.5. The molecule has 2 N–H and O–H groups in total. The molecular weight excluding hydrogens is 254 g/mol. The number of carbonyl (C=O) groups excluding carboxylic acids is 1. The topological polar surface area (TPSA) is 66.4 Å². The number of carboxylic acid groups (broad SMARTS) is 1. The molecule has 5 heteroatoms. The SMILES string of the molecule is O=C(O)CCNC(=O)[C@H]1C[C@H]1c1ccccc1Cl. The molecular formula is C13H14ClNO3. The van der Waals surface area contributed by atoms with Crippen molar-refractivity contribution in [1.82, 2.24) is 5.32 Å². The highest BCUT2D eigenvalue weighted by Gasteiger charge is 2.44. The van der Waals surface area contributed by atoms with Gasteiger partial charge in [-0.05, 0) is 24.0 Å². The van der Waals surface area contributed by atoms with E-state index in [1.165, 1.54) is 0 Å². The van der Waals surface area contributed by atoms with Gasteiger partial charge in [-0.15, -0.1) is 0 Å². The summed E-state index contributed by atoms with van der Waals surface area (Å²) in [5.41, 5.74) is 0.998. The molecule has 0 spiro atoms. The number of aliphatic carboxylic acids is 1. The number of benzene rings is 1. The molecule has 4 nitrogen and oxygen atoms in total. The Bertz CT molecular complexity index is 475. The van der Waals surface area contributed by atoms with Gasteiger partial charge in [0.05, 0.1) is 6.42 Å². The Balaban J connectivity index is 1.86. The van der Waals surface area contributed by atoms with Crippen LogP contribution in [0, 0.1) is 5.92 Å². The second kappa shape index (κ2) is 5.40. The number of nitrogens with one attached hydrogen (secondary N) is 1. The van der Waals surface area contributed by atoms with Gasteiger partial charge in [-0.1, -0.05) is 29.8 Å². The lowest BCUT2D eigenvalue weighted by Gasteiger charge is -2.04. The smallest absolute Gasteiger partial charge is 0.305 e. The van der Waals surface area contributed by atoms with Gasteiger partial charge in [0.2, 0.25) is 5.91 Å². The fourth-order valence-corrected chi connectivity index (χ4v) is 2.30. The van der Waals surface area contributed by atoms with Crippen molar-refractivity contribution >= 4 is 23.5 Å². The van der Waals surface area contributed by atoms with Crippen LogP contribution in [0.25, 0.3) is 0 Å². The summed E-state index contributed by atoms with van der Waals surface area (Å²) in [5, 5.41) is 11.8. The molecule has 0 heterocycles. The van der Waals surface area contributed by atoms with Gasteiger partial charge in [-0.3, -0.25) is 9.59 Å². The zero-order valence-electron chi connectivity index (χ0n) is 9.73. The van der Waals surface area contributed by atoms with Crippen molar-refractivity contribution in [3.8, 4) is 0 Å². The minimum atomic E-state index is -0.909. The quantitative estimate of drug-likeness (QED) is 0.858. The van der Waals surface area contributed by atoms with Crippen molar-refractivity contribution in [2.24, 2.45) is 5.92 Å². The van der Waals surface area contributed by atoms with Gasteiger partial charge in [0, 0.05) is 17.5 Å². The molecule has 1 aliphatic rings. The highest BCUT2D eigenvalue weighted by Crippen LogP contribution is 2.49. The highest BCUT2D eigenvalue weighted by molar-refractivity contribution is 6.31. The fraction of sp³-hybridized carbons (Fsp3) is 0.385. The number of hydrogen-bond donors (Lipinski definition) is 2. The first-order valence-electron chi connectivity index (χ1n) is 5.83. The maximum atomic E-state index is 11.7. The van der Waals surface area contributed by atoms with Crippen LogP contribution in [0.4, 0.5) is 0 Å². The molecule has 1 fully saturated rings. The number of hydrogen-bond acceptors (Lipinski definition) is 2. The van der Waals surface area contributed by atoms with Crippen LogP contribution in [-0.2, 0) is 9.59 Å². The molecule has 1 amide bonds. The maximum Gasteiger partial charge on any atom is 0.305 e. The Kier molecular flexibility index (Phi) is 3.87. The number of amides is 1. The molecule has 1 aliphatic carbocycles. The van der Waals surface area contributed by atoms with Gasteiger partial charge >= 0.3 is 5.97 Å². The first-order valence-corrected chi connectivity index (χ1v) is 6.21. The van der Waals surface area contributed by atoms with Crippen LogP contribution in [0.5, 0.6) is 0 Å². The van der Waals surface area contributed by atoms with E-state index >= 15 is 0 Å². The van der Waals surface area contributed by atoms with Gasteiger partial charge in [-0.2, -0.15) is 0 Å². The molecule has 2 atom stereocenters. The van der Waals surface area contributed by atoms with Crippen molar-refractivity contribution in [1.29, 1.82) is 0 Å². The predicted octanol–water partition coefficient (Wildman–Crippen LogP) is 2.03. The molecule has 2 rings (SSSR count).